The van der Waals surface area contributed by atoms with E-state index in [2.05, 4.69) is 42.3 Å². The van der Waals surface area contributed by atoms with Crippen molar-refractivity contribution in [3.05, 3.63) is 40.6 Å². The van der Waals surface area contributed by atoms with E-state index < -0.39 is 0 Å². The Labute approximate surface area is 113 Å². The van der Waals surface area contributed by atoms with E-state index in [1.807, 2.05) is 0 Å². The second-order valence-corrected chi connectivity index (χ2v) is 5.16. The highest BCUT2D eigenvalue weighted by molar-refractivity contribution is 5.61. The molecular formula is C15H18N4. The zero-order chi connectivity index (χ0) is 13.4. The van der Waals surface area contributed by atoms with E-state index in [0.29, 0.717) is 5.82 Å². The van der Waals surface area contributed by atoms with Gasteiger partial charge in [0.1, 0.15) is 5.82 Å². The molecule has 1 aromatic heterocycles. The van der Waals surface area contributed by atoms with Crippen LogP contribution >= 0.6 is 0 Å². The van der Waals surface area contributed by atoms with Gasteiger partial charge in [-0.15, -0.1) is 0 Å². The van der Waals surface area contributed by atoms with Crippen molar-refractivity contribution in [3.8, 4) is 11.4 Å². The molecule has 2 aromatic rings. The summed E-state index contributed by atoms with van der Waals surface area (Å²) in [5.41, 5.74) is 11.7. The van der Waals surface area contributed by atoms with Crippen LogP contribution < -0.4 is 11.1 Å². The van der Waals surface area contributed by atoms with E-state index in [1.165, 1.54) is 11.1 Å². The van der Waals surface area contributed by atoms with Gasteiger partial charge in [0.25, 0.3) is 0 Å². The number of hydrogen-bond acceptors (Lipinski definition) is 4. The minimum absolute atomic E-state index is 0.603. The van der Waals surface area contributed by atoms with Crippen LogP contribution in [0.25, 0.3) is 11.4 Å². The van der Waals surface area contributed by atoms with Crippen molar-refractivity contribution >= 4 is 5.82 Å². The maximum Gasteiger partial charge on any atom is 0.161 e. The number of nitrogens with one attached hydrogen (secondary N) is 1. The maximum atomic E-state index is 6.06. The van der Waals surface area contributed by atoms with Crippen LogP contribution in [-0.2, 0) is 13.0 Å². The van der Waals surface area contributed by atoms with Crippen molar-refractivity contribution < 1.29 is 0 Å². The van der Waals surface area contributed by atoms with E-state index in [9.17, 15) is 0 Å². The molecule has 0 fully saturated rings. The molecule has 4 nitrogen and oxygen atoms in total. The van der Waals surface area contributed by atoms with Crippen molar-refractivity contribution in [3.63, 3.8) is 0 Å². The van der Waals surface area contributed by atoms with Gasteiger partial charge in [-0.3, -0.25) is 0 Å². The minimum atomic E-state index is 0.603. The van der Waals surface area contributed by atoms with E-state index in [-0.39, 0.29) is 0 Å². The fourth-order valence-electron chi connectivity index (χ4n) is 2.60. The highest BCUT2D eigenvalue weighted by Gasteiger charge is 2.16. The summed E-state index contributed by atoms with van der Waals surface area (Å²) in [6.07, 6.45) is 0.917. The predicted molar refractivity (Wildman–Crippen MR) is 76.8 cm³/mol. The highest BCUT2D eigenvalue weighted by atomic mass is 15.0. The monoisotopic (exact) mass is 254 g/mol. The van der Waals surface area contributed by atoms with Gasteiger partial charge in [0.15, 0.2) is 5.82 Å². The minimum Gasteiger partial charge on any atom is -0.383 e. The lowest BCUT2D eigenvalue weighted by Gasteiger charge is -2.18. The molecule has 0 unspecified atom stereocenters. The van der Waals surface area contributed by atoms with Gasteiger partial charge in [-0.1, -0.05) is 17.2 Å². The summed E-state index contributed by atoms with van der Waals surface area (Å²) in [4.78, 5) is 9.16. The predicted octanol–water partition coefficient (Wildman–Crippen LogP) is 1.99. The Morgan fingerprint density at radius 3 is 2.58 bits per heavy atom. The average molecular weight is 254 g/mol. The molecule has 4 heteroatoms. The number of aromatic nitrogens is 2. The van der Waals surface area contributed by atoms with Crippen LogP contribution in [0.5, 0.6) is 0 Å². The van der Waals surface area contributed by atoms with E-state index in [0.717, 1.165) is 42.2 Å². The molecule has 0 aliphatic carbocycles. The molecule has 0 amide bonds. The lowest BCUT2D eigenvalue weighted by Crippen LogP contribution is -2.26. The fourth-order valence-corrected chi connectivity index (χ4v) is 2.60. The Hall–Kier alpha value is -1.94. The maximum absolute atomic E-state index is 6.06. The largest absolute Gasteiger partial charge is 0.383 e. The molecule has 0 bridgehead atoms. The Kier molecular flexibility index (Phi) is 2.95. The van der Waals surface area contributed by atoms with Crippen molar-refractivity contribution in [1.29, 1.82) is 0 Å². The Morgan fingerprint density at radius 1 is 1.11 bits per heavy atom. The zero-order valence-corrected chi connectivity index (χ0v) is 11.3. The van der Waals surface area contributed by atoms with Crippen LogP contribution in [0.15, 0.2) is 18.2 Å². The molecule has 19 heavy (non-hydrogen) atoms. The quantitative estimate of drug-likeness (QED) is 0.817. The summed E-state index contributed by atoms with van der Waals surface area (Å²) in [5.74, 6) is 1.34. The topological polar surface area (TPSA) is 63.8 Å². The summed E-state index contributed by atoms with van der Waals surface area (Å²) in [6, 6.07) is 6.36. The van der Waals surface area contributed by atoms with Crippen LogP contribution in [-0.4, -0.2) is 16.5 Å². The number of hydrogen-bond donors (Lipinski definition) is 2. The summed E-state index contributed by atoms with van der Waals surface area (Å²) in [7, 11) is 0. The van der Waals surface area contributed by atoms with Gasteiger partial charge in [0.2, 0.25) is 0 Å². The van der Waals surface area contributed by atoms with Gasteiger partial charge in [-0.25, -0.2) is 9.97 Å². The third-order valence-electron chi connectivity index (χ3n) is 3.44. The first-order valence-electron chi connectivity index (χ1n) is 6.58. The molecule has 0 atom stereocenters. The molecule has 2 heterocycles. The summed E-state index contributed by atoms with van der Waals surface area (Å²) in [6.45, 7) is 5.90. The molecule has 1 aliphatic heterocycles. The summed E-state index contributed by atoms with van der Waals surface area (Å²) >= 11 is 0. The Bertz CT molecular complexity index is 614. The first kappa shape index (κ1) is 12.1. The molecule has 0 saturated heterocycles. The van der Waals surface area contributed by atoms with Crippen molar-refractivity contribution in [2.45, 2.75) is 26.8 Å². The van der Waals surface area contributed by atoms with Gasteiger partial charge in [-0.2, -0.15) is 0 Å². The van der Waals surface area contributed by atoms with E-state index >= 15 is 0 Å². The van der Waals surface area contributed by atoms with Crippen LogP contribution in [0.3, 0.4) is 0 Å². The second-order valence-electron chi connectivity index (χ2n) is 5.16. The van der Waals surface area contributed by atoms with Crippen molar-refractivity contribution in [2.24, 2.45) is 0 Å². The molecule has 0 saturated carbocycles. The van der Waals surface area contributed by atoms with Crippen LogP contribution in [0.1, 0.15) is 22.4 Å². The number of fused-ring (bicyclic) bond motifs is 1. The Morgan fingerprint density at radius 2 is 1.84 bits per heavy atom. The Balaban J connectivity index is 2.12. The smallest absolute Gasteiger partial charge is 0.161 e. The molecule has 3 rings (SSSR count). The van der Waals surface area contributed by atoms with Crippen LogP contribution in [0.2, 0.25) is 0 Å². The van der Waals surface area contributed by atoms with Crippen molar-refractivity contribution in [1.82, 2.24) is 15.3 Å². The van der Waals surface area contributed by atoms with Crippen LogP contribution in [0.4, 0.5) is 5.82 Å². The number of nitrogens with two attached hydrogens (primary N) is 1. The summed E-state index contributed by atoms with van der Waals surface area (Å²) in [5, 5.41) is 3.30. The van der Waals surface area contributed by atoms with Gasteiger partial charge in [0, 0.05) is 30.6 Å². The zero-order valence-electron chi connectivity index (χ0n) is 11.3. The number of anilines is 1. The van der Waals surface area contributed by atoms with E-state index in [1.54, 1.807) is 0 Å². The van der Waals surface area contributed by atoms with Crippen molar-refractivity contribution in [2.75, 3.05) is 12.3 Å². The lowest BCUT2D eigenvalue weighted by molar-refractivity contribution is 0.629. The fraction of sp³-hybridized carbons (Fsp3) is 0.333. The summed E-state index contributed by atoms with van der Waals surface area (Å²) < 4.78 is 0. The number of nitrogen functional groups attached to an aromatic ring is 1. The number of rotatable bonds is 1. The second kappa shape index (κ2) is 4.63. The highest BCUT2D eigenvalue weighted by Crippen LogP contribution is 2.24. The third-order valence-corrected chi connectivity index (χ3v) is 3.44. The first-order valence-corrected chi connectivity index (χ1v) is 6.58. The lowest BCUT2D eigenvalue weighted by atomic mass is 10.0. The van der Waals surface area contributed by atoms with Gasteiger partial charge < -0.3 is 11.1 Å². The molecule has 3 N–H and O–H groups in total. The number of nitrogens with zero attached hydrogens (tertiary/aromatic N) is 2. The van der Waals surface area contributed by atoms with Crippen LogP contribution in [0, 0.1) is 13.8 Å². The molecule has 1 aromatic carbocycles. The first-order chi connectivity index (χ1) is 9.13. The number of benzene rings is 1. The molecule has 98 valence electrons. The average Bonchev–Trinajstić information content (AvgIpc) is 2.37. The normalized spacial score (nSPS) is 14.2. The van der Waals surface area contributed by atoms with Gasteiger partial charge in [0.05, 0.1) is 5.69 Å². The molecule has 1 aliphatic rings. The standard InChI is InChI=1S/C15H18N4/c1-9-5-10(2)7-11(6-9)15-18-13-3-4-17-8-12(13)14(16)19-15/h5-7,17H,3-4,8H2,1-2H3,(H2,16,18,19). The molecule has 0 spiro atoms. The molecule has 0 radical (unpaired) electrons. The van der Waals surface area contributed by atoms with Gasteiger partial charge >= 0.3 is 0 Å². The number of aryl methyl sites for hydroxylation is 2. The van der Waals surface area contributed by atoms with E-state index in [4.69, 9.17) is 10.7 Å². The SMILES string of the molecule is Cc1cc(C)cc(-c2nc(N)c3c(n2)CCNC3)c1. The third kappa shape index (κ3) is 2.31. The van der Waals surface area contributed by atoms with Gasteiger partial charge in [-0.05, 0) is 26.0 Å². The molecular weight excluding hydrogens is 236 g/mol.